The number of rotatable bonds is 0. The quantitative estimate of drug-likeness (QED) is 0.331. The summed E-state index contributed by atoms with van der Waals surface area (Å²) in [4.78, 5) is 16.5. The Morgan fingerprint density at radius 1 is 0.621 bits per heavy atom. The summed E-state index contributed by atoms with van der Waals surface area (Å²) in [6, 6.07) is 0. The molecule has 13 heteroatoms. The molecule has 0 aliphatic carbocycles. The fourth-order valence-electron chi connectivity index (χ4n) is 1.02. The molecule has 0 unspecified atom stereocenters. The number of hydrogen-bond acceptors (Lipinski definition) is 10. The van der Waals surface area contributed by atoms with Crippen molar-refractivity contribution in [1.29, 1.82) is 0 Å². The van der Waals surface area contributed by atoms with Crippen LogP contribution < -0.4 is 0 Å². The molecule has 2 fully saturated rings. The molecule has 2 heterocycles. The SMILES string of the molecule is C1CCOC1.C1CCOC1.CC(C)(C)O.CC(C)(C)O.O=[N+]([O-])[O-].O=[N+]([O-])[O-].[Ce]. The molecule has 0 atom stereocenters. The van der Waals surface area contributed by atoms with Gasteiger partial charge >= 0.3 is 0 Å². The Kier molecular flexibility index (Phi) is 34.6. The van der Waals surface area contributed by atoms with Gasteiger partial charge in [0.05, 0.1) is 21.4 Å². The van der Waals surface area contributed by atoms with Crippen LogP contribution in [0.25, 0.3) is 0 Å². The van der Waals surface area contributed by atoms with Gasteiger partial charge in [0, 0.05) is 68.2 Å². The summed E-state index contributed by atoms with van der Waals surface area (Å²) >= 11 is 0. The van der Waals surface area contributed by atoms with Crippen molar-refractivity contribution in [3.63, 3.8) is 0 Å². The van der Waals surface area contributed by atoms with Gasteiger partial charge in [-0.2, -0.15) is 0 Å². The molecule has 0 amide bonds. The van der Waals surface area contributed by atoms with E-state index in [1.54, 1.807) is 41.5 Å². The summed E-state index contributed by atoms with van der Waals surface area (Å²) < 4.78 is 9.89. The van der Waals surface area contributed by atoms with Gasteiger partial charge in [-0.05, 0) is 67.2 Å². The monoisotopic (exact) mass is 556 g/mol. The Morgan fingerprint density at radius 2 is 0.724 bits per heavy atom. The zero-order valence-corrected chi connectivity index (χ0v) is 21.4. The van der Waals surface area contributed by atoms with E-state index in [-0.39, 0.29) is 41.7 Å². The molecule has 0 saturated carbocycles. The maximum atomic E-state index is 8.52. The van der Waals surface area contributed by atoms with Crippen molar-refractivity contribution in [2.75, 3.05) is 26.4 Å². The van der Waals surface area contributed by atoms with E-state index < -0.39 is 21.4 Å². The molecule has 0 bridgehead atoms. The average molecular weight is 557 g/mol. The van der Waals surface area contributed by atoms with E-state index in [1.165, 1.54) is 25.7 Å². The van der Waals surface area contributed by atoms with Crippen LogP contribution >= 0.6 is 0 Å². The van der Waals surface area contributed by atoms with Crippen molar-refractivity contribution in [2.24, 2.45) is 0 Å². The van der Waals surface area contributed by atoms with Crippen molar-refractivity contribution in [2.45, 2.75) is 78.4 Å². The second kappa shape index (κ2) is 25.7. The Bertz CT molecular complexity index is 283. The van der Waals surface area contributed by atoms with E-state index in [4.69, 9.17) is 50.3 Å². The summed E-state index contributed by atoms with van der Waals surface area (Å²) in [5.41, 5.74) is -1.00. The first-order valence-corrected chi connectivity index (χ1v) is 8.70. The van der Waals surface area contributed by atoms with Crippen molar-refractivity contribution in [3.05, 3.63) is 30.6 Å². The maximum absolute atomic E-state index is 8.52. The largest absolute Gasteiger partial charge is 0.391 e. The van der Waals surface area contributed by atoms with Crippen LogP contribution in [0.3, 0.4) is 0 Å². The molecule has 2 aliphatic rings. The van der Waals surface area contributed by atoms with Crippen LogP contribution in [0.4, 0.5) is 0 Å². The molecule has 0 radical (unpaired) electrons. The first-order chi connectivity index (χ1) is 12.5. The van der Waals surface area contributed by atoms with E-state index in [0.29, 0.717) is 0 Å². The van der Waals surface area contributed by atoms with Crippen LogP contribution in [0.15, 0.2) is 0 Å². The molecule has 0 aromatic rings. The molecule has 0 aromatic carbocycles. The average Bonchev–Trinajstić information content (AvgIpc) is 3.13. The molecule has 0 aromatic heterocycles. The Morgan fingerprint density at radius 3 is 0.759 bits per heavy atom. The standard InChI is InChI=1S/2C4H8O.2C4H10O.Ce.2NO3/c2*1-2-4-5-3-1;2*1-4(2,3)5;;2*2-1(3)4/h2*1-4H2;2*5H,1-3H3;;;/q;;;;;2*-1. The summed E-state index contributed by atoms with van der Waals surface area (Å²) in [7, 11) is 0. The van der Waals surface area contributed by atoms with E-state index in [9.17, 15) is 0 Å². The van der Waals surface area contributed by atoms with Crippen LogP contribution in [-0.4, -0.2) is 58.0 Å². The second-order valence-corrected chi connectivity index (χ2v) is 7.43. The Hall–Kier alpha value is -0.383. The summed E-state index contributed by atoms with van der Waals surface area (Å²) in [6.07, 6.45) is 5.11. The molecule has 2 aliphatic heterocycles. The van der Waals surface area contributed by atoms with Gasteiger partial charge in [-0.1, -0.05) is 0 Å². The second-order valence-electron chi connectivity index (χ2n) is 7.43. The predicted octanol–water partition coefficient (Wildman–Crippen LogP) is 2.67. The van der Waals surface area contributed by atoms with Gasteiger partial charge in [0.15, 0.2) is 0 Å². The normalized spacial score (nSPS) is 14.1. The van der Waals surface area contributed by atoms with E-state index in [0.717, 1.165) is 26.4 Å². The maximum Gasteiger partial charge on any atom is 0.0689 e. The Balaban J connectivity index is -0.0000000792. The van der Waals surface area contributed by atoms with Gasteiger partial charge < -0.3 is 50.3 Å². The third kappa shape index (κ3) is 196. The molecular formula is C16H36CeN2O10-2. The zero-order chi connectivity index (χ0) is 23.2. The molecule has 2 rings (SSSR count). The van der Waals surface area contributed by atoms with Crippen LogP contribution in [0.2, 0.25) is 0 Å². The fourth-order valence-corrected chi connectivity index (χ4v) is 1.02. The molecular weight excluding hydrogens is 520 g/mol. The summed E-state index contributed by atoms with van der Waals surface area (Å²) in [5.74, 6) is 0. The van der Waals surface area contributed by atoms with Gasteiger partial charge in [0.25, 0.3) is 0 Å². The molecule has 2 N–H and O–H groups in total. The van der Waals surface area contributed by atoms with Crippen LogP contribution in [-0.2, 0) is 9.47 Å². The van der Waals surface area contributed by atoms with E-state index in [1.807, 2.05) is 0 Å². The van der Waals surface area contributed by atoms with Gasteiger partial charge in [-0.3, -0.25) is 0 Å². The molecule has 29 heavy (non-hydrogen) atoms. The predicted molar refractivity (Wildman–Crippen MR) is 105 cm³/mol. The first-order valence-electron chi connectivity index (χ1n) is 8.70. The van der Waals surface area contributed by atoms with Crippen molar-refractivity contribution in [1.82, 2.24) is 0 Å². The zero-order valence-electron chi connectivity index (χ0n) is 18.2. The van der Waals surface area contributed by atoms with Crippen molar-refractivity contribution < 1.29 is 71.6 Å². The van der Waals surface area contributed by atoms with Gasteiger partial charge in [-0.25, -0.2) is 0 Å². The van der Waals surface area contributed by atoms with Crippen molar-refractivity contribution >= 4 is 0 Å². The molecule has 2 saturated heterocycles. The number of hydrogen-bond donors (Lipinski definition) is 2. The van der Waals surface area contributed by atoms with Crippen LogP contribution in [0.5, 0.6) is 0 Å². The third-order valence-corrected chi connectivity index (χ3v) is 1.65. The van der Waals surface area contributed by atoms with Gasteiger partial charge in [-0.15, -0.1) is 0 Å². The van der Waals surface area contributed by atoms with E-state index >= 15 is 0 Å². The number of ether oxygens (including phenoxy) is 2. The fraction of sp³-hybridized carbons (Fsp3) is 1.00. The van der Waals surface area contributed by atoms with Gasteiger partial charge in [0.1, 0.15) is 0 Å². The minimum Gasteiger partial charge on any atom is -0.391 e. The van der Waals surface area contributed by atoms with E-state index in [2.05, 4.69) is 0 Å². The smallest absolute Gasteiger partial charge is 0.0689 e. The molecule has 176 valence electrons. The minimum absolute atomic E-state index is 0. The van der Waals surface area contributed by atoms with Crippen LogP contribution in [0.1, 0.15) is 67.2 Å². The summed E-state index contributed by atoms with van der Waals surface area (Å²) in [6.45, 7) is 14.5. The number of aliphatic hydroxyl groups is 2. The number of nitrogens with zero attached hydrogens (tertiary/aromatic N) is 2. The third-order valence-electron chi connectivity index (χ3n) is 1.65. The minimum atomic E-state index is -1.75. The first kappa shape index (κ1) is 39.1. The molecule has 12 nitrogen and oxygen atoms in total. The van der Waals surface area contributed by atoms with Crippen molar-refractivity contribution in [3.8, 4) is 0 Å². The van der Waals surface area contributed by atoms with Gasteiger partial charge in [0.2, 0.25) is 0 Å². The molecule has 0 spiro atoms. The summed E-state index contributed by atoms with van der Waals surface area (Å²) in [5, 5.41) is 46.5. The topological polar surface area (TPSA) is 191 Å². The van der Waals surface area contributed by atoms with Crippen LogP contribution in [0, 0.1) is 72.4 Å². The Labute approximate surface area is 206 Å².